The maximum Gasteiger partial charge on any atom is 0.265 e. The van der Waals surface area contributed by atoms with Crippen molar-refractivity contribution in [3.05, 3.63) is 51.2 Å². The molecule has 1 heterocycles. The highest BCUT2D eigenvalue weighted by Gasteiger charge is 2.16. The van der Waals surface area contributed by atoms with Gasteiger partial charge in [-0.15, -0.1) is 11.3 Å². The summed E-state index contributed by atoms with van der Waals surface area (Å²) in [4.78, 5) is 14.7. The van der Waals surface area contributed by atoms with Gasteiger partial charge in [-0.3, -0.25) is 4.79 Å². The van der Waals surface area contributed by atoms with Gasteiger partial charge >= 0.3 is 0 Å². The topological polar surface area (TPSA) is 41.1 Å². The van der Waals surface area contributed by atoms with Crippen LogP contribution in [0, 0.1) is 0 Å². The van der Waals surface area contributed by atoms with E-state index in [4.69, 9.17) is 0 Å². The molecule has 1 aliphatic carbocycles. The molecule has 0 bridgehead atoms. The second-order valence-corrected chi connectivity index (χ2v) is 6.94. The Morgan fingerprint density at radius 1 is 1.14 bits per heavy atom. The van der Waals surface area contributed by atoms with Gasteiger partial charge in [-0.2, -0.15) is 0 Å². The van der Waals surface area contributed by atoms with E-state index in [1.807, 2.05) is 31.3 Å². The molecule has 3 nitrogen and oxygen atoms in total. The minimum atomic E-state index is 0.0134. The number of benzene rings is 1. The van der Waals surface area contributed by atoms with Crippen molar-refractivity contribution < 1.29 is 4.79 Å². The Labute approximate surface area is 135 Å². The van der Waals surface area contributed by atoms with Crippen molar-refractivity contribution >= 4 is 22.9 Å². The molecule has 1 aromatic carbocycles. The summed E-state index contributed by atoms with van der Waals surface area (Å²) in [5, 5.41) is 6.12. The van der Waals surface area contributed by atoms with Gasteiger partial charge in [0.1, 0.15) is 0 Å². The standard InChI is InChI=1S/C18H22N2OS/c1-19-12-13-7-9-15(10-8-13)20-18(21)17-11-14-5-3-2-4-6-16(14)22-17/h7-11,19H,2-6,12H2,1H3,(H,20,21). The lowest BCUT2D eigenvalue weighted by molar-refractivity contribution is 0.103. The number of carbonyl (C=O) groups is 1. The Bertz CT molecular complexity index is 622. The molecule has 22 heavy (non-hydrogen) atoms. The molecular formula is C18H22N2OS. The number of thiophene rings is 1. The Morgan fingerprint density at radius 2 is 1.91 bits per heavy atom. The summed E-state index contributed by atoms with van der Waals surface area (Å²) in [7, 11) is 1.93. The lowest BCUT2D eigenvalue weighted by atomic mass is 10.1. The van der Waals surface area contributed by atoms with Crippen LogP contribution in [0.2, 0.25) is 0 Å². The summed E-state index contributed by atoms with van der Waals surface area (Å²) in [6, 6.07) is 10.1. The van der Waals surface area contributed by atoms with Gasteiger partial charge in [0.25, 0.3) is 5.91 Å². The molecule has 3 rings (SSSR count). The van der Waals surface area contributed by atoms with E-state index in [0.717, 1.165) is 30.0 Å². The molecule has 1 amide bonds. The average molecular weight is 314 g/mol. The predicted octanol–water partition coefficient (Wildman–Crippen LogP) is 3.99. The monoisotopic (exact) mass is 314 g/mol. The number of hydrogen-bond acceptors (Lipinski definition) is 3. The summed E-state index contributed by atoms with van der Waals surface area (Å²) in [6.45, 7) is 0.839. The molecule has 0 saturated carbocycles. The first-order valence-electron chi connectivity index (χ1n) is 7.93. The molecule has 0 radical (unpaired) electrons. The number of hydrogen-bond donors (Lipinski definition) is 2. The van der Waals surface area contributed by atoms with E-state index < -0.39 is 0 Å². The molecule has 1 aromatic heterocycles. The van der Waals surface area contributed by atoms with Crippen LogP contribution in [0.1, 0.15) is 44.9 Å². The third kappa shape index (κ3) is 3.57. The van der Waals surface area contributed by atoms with Crippen molar-refractivity contribution in [1.82, 2.24) is 5.32 Å². The Balaban J connectivity index is 1.69. The Hall–Kier alpha value is -1.65. The molecule has 2 aromatic rings. The number of fused-ring (bicyclic) bond motifs is 1. The first kappa shape index (κ1) is 15.3. The van der Waals surface area contributed by atoms with Crippen molar-refractivity contribution in [2.24, 2.45) is 0 Å². The molecule has 0 aliphatic heterocycles. The summed E-state index contributed by atoms with van der Waals surface area (Å²) in [6.07, 6.45) is 6.06. The minimum absolute atomic E-state index is 0.0134. The maximum atomic E-state index is 12.4. The van der Waals surface area contributed by atoms with Crippen LogP contribution in [0.25, 0.3) is 0 Å². The fraction of sp³-hybridized carbons (Fsp3) is 0.389. The van der Waals surface area contributed by atoms with Crippen molar-refractivity contribution in [2.45, 2.75) is 38.6 Å². The second kappa shape index (κ2) is 7.07. The number of aryl methyl sites for hydroxylation is 2. The average Bonchev–Trinajstić information content (AvgIpc) is 2.81. The van der Waals surface area contributed by atoms with Crippen molar-refractivity contribution in [2.75, 3.05) is 12.4 Å². The molecular weight excluding hydrogens is 292 g/mol. The lowest BCUT2D eigenvalue weighted by Crippen LogP contribution is -2.10. The number of rotatable bonds is 4. The van der Waals surface area contributed by atoms with E-state index in [1.54, 1.807) is 11.3 Å². The number of amides is 1. The highest BCUT2D eigenvalue weighted by atomic mass is 32.1. The molecule has 0 atom stereocenters. The van der Waals surface area contributed by atoms with E-state index in [-0.39, 0.29) is 5.91 Å². The van der Waals surface area contributed by atoms with E-state index in [0.29, 0.717) is 0 Å². The Morgan fingerprint density at radius 3 is 2.68 bits per heavy atom. The summed E-state index contributed by atoms with van der Waals surface area (Å²) >= 11 is 1.67. The molecule has 1 aliphatic rings. The SMILES string of the molecule is CNCc1ccc(NC(=O)c2cc3c(s2)CCCCC3)cc1. The van der Waals surface area contributed by atoms with E-state index in [9.17, 15) is 4.79 Å². The molecule has 0 unspecified atom stereocenters. The van der Waals surface area contributed by atoms with Gasteiger partial charge in [-0.1, -0.05) is 18.6 Å². The summed E-state index contributed by atoms with van der Waals surface area (Å²) in [5.41, 5.74) is 3.45. The third-order valence-corrected chi connectivity index (χ3v) is 5.30. The Kier molecular flexibility index (Phi) is 4.90. The van der Waals surface area contributed by atoms with Crippen molar-refractivity contribution in [1.29, 1.82) is 0 Å². The molecule has 0 spiro atoms. The van der Waals surface area contributed by atoms with Crippen LogP contribution in [0.4, 0.5) is 5.69 Å². The van der Waals surface area contributed by atoms with Crippen molar-refractivity contribution in [3.8, 4) is 0 Å². The summed E-state index contributed by atoms with van der Waals surface area (Å²) in [5.74, 6) is 0.0134. The van der Waals surface area contributed by atoms with Gasteiger partial charge in [0.05, 0.1) is 4.88 Å². The van der Waals surface area contributed by atoms with Crippen LogP contribution in [-0.2, 0) is 19.4 Å². The van der Waals surface area contributed by atoms with Gasteiger partial charge in [0.2, 0.25) is 0 Å². The first-order valence-corrected chi connectivity index (χ1v) is 8.74. The maximum absolute atomic E-state index is 12.4. The van der Waals surface area contributed by atoms with Gasteiger partial charge in [0, 0.05) is 17.1 Å². The van der Waals surface area contributed by atoms with Gasteiger partial charge in [-0.25, -0.2) is 0 Å². The van der Waals surface area contributed by atoms with Gasteiger partial charge < -0.3 is 10.6 Å². The van der Waals surface area contributed by atoms with Crippen LogP contribution >= 0.6 is 11.3 Å². The van der Waals surface area contributed by atoms with Gasteiger partial charge in [-0.05, 0) is 62.1 Å². The third-order valence-electron chi connectivity index (χ3n) is 4.06. The zero-order valence-electron chi connectivity index (χ0n) is 12.9. The van der Waals surface area contributed by atoms with Crippen LogP contribution in [-0.4, -0.2) is 13.0 Å². The summed E-state index contributed by atoms with van der Waals surface area (Å²) < 4.78 is 0. The van der Waals surface area contributed by atoms with E-state index >= 15 is 0 Å². The first-order chi connectivity index (χ1) is 10.8. The molecule has 116 valence electrons. The molecule has 2 N–H and O–H groups in total. The van der Waals surface area contributed by atoms with Crippen LogP contribution < -0.4 is 10.6 Å². The van der Waals surface area contributed by atoms with Gasteiger partial charge in [0.15, 0.2) is 0 Å². The lowest BCUT2D eigenvalue weighted by Gasteiger charge is -2.05. The minimum Gasteiger partial charge on any atom is -0.321 e. The molecule has 0 saturated heterocycles. The van der Waals surface area contributed by atoms with Crippen LogP contribution in [0.5, 0.6) is 0 Å². The molecule has 0 fully saturated rings. The highest BCUT2D eigenvalue weighted by Crippen LogP contribution is 2.29. The van der Waals surface area contributed by atoms with E-state index in [2.05, 4.69) is 16.7 Å². The quantitative estimate of drug-likeness (QED) is 0.838. The largest absolute Gasteiger partial charge is 0.321 e. The second-order valence-electron chi connectivity index (χ2n) is 5.80. The number of nitrogens with one attached hydrogen (secondary N) is 2. The van der Waals surface area contributed by atoms with Crippen LogP contribution in [0.15, 0.2) is 30.3 Å². The van der Waals surface area contributed by atoms with E-state index in [1.165, 1.54) is 35.3 Å². The number of carbonyl (C=O) groups excluding carboxylic acids is 1. The fourth-order valence-electron chi connectivity index (χ4n) is 2.88. The number of anilines is 1. The predicted molar refractivity (Wildman–Crippen MR) is 92.7 cm³/mol. The fourth-order valence-corrected chi connectivity index (χ4v) is 4.03. The zero-order valence-corrected chi connectivity index (χ0v) is 13.8. The smallest absolute Gasteiger partial charge is 0.265 e. The highest BCUT2D eigenvalue weighted by molar-refractivity contribution is 7.14. The molecule has 4 heteroatoms. The normalized spacial score (nSPS) is 14.2. The van der Waals surface area contributed by atoms with Crippen molar-refractivity contribution in [3.63, 3.8) is 0 Å². The van der Waals surface area contributed by atoms with Crippen LogP contribution in [0.3, 0.4) is 0 Å². The zero-order chi connectivity index (χ0) is 15.4.